The maximum absolute atomic E-state index is 12.1. The lowest BCUT2D eigenvalue weighted by molar-refractivity contribution is -0.118. The van der Waals surface area contributed by atoms with Gasteiger partial charge in [-0.1, -0.05) is 23.9 Å². The van der Waals surface area contributed by atoms with Gasteiger partial charge in [0.25, 0.3) is 5.91 Å². The largest absolute Gasteiger partial charge is 0.504 e. The molecule has 8 heteroatoms. The number of para-hydroxylation sites is 2. The van der Waals surface area contributed by atoms with Crippen LogP contribution in [-0.4, -0.2) is 39.1 Å². The fourth-order valence-corrected chi connectivity index (χ4v) is 3.56. The predicted molar refractivity (Wildman–Crippen MR) is 111 cm³/mol. The van der Waals surface area contributed by atoms with Crippen molar-refractivity contribution in [2.24, 2.45) is 5.10 Å². The molecule has 1 amide bonds. The van der Waals surface area contributed by atoms with Crippen molar-refractivity contribution in [2.75, 3.05) is 12.4 Å². The molecule has 0 unspecified atom stereocenters. The third kappa shape index (κ3) is 4.64. The van der Waals surface area contributed by atoms with Crippen LogP contribution in [0.2, 0.25) is 0 Å². The summed E-state index contributed by atoms with van der Waals surface area (Å²) in [5.41, 5.74) is 5.20. The first kappa shape index (κ1) is 19.8. The predicted octanol–water partition coefficient (Wildman–Crippen LogP) is 3.40. The standard InChI is InChI=1S/C20H22N4O3S/c1-3-24-16-8-6-5-7-15(16)22-20(24)28-13-19(26)23-21-12-14-9-10-17(25)18(11-14)27-4-2/h5-12,25H,3-4,13H2,1-2H3,(H,23,26)/b21-12+. The molecule has 0 aliphatic heterocycles. The molecule has 3 rings (SSSR count). The van der Waals surface area contributed by atoms with Gasteiger partial charge in [-0.05, 0) is 49.7 Å². The van der Waals surface area contributed by atoms with Gasteiger partial charge in [-0.15, -0.1) is 0 Å². The van der Waals surface area contributed by atoms with Crippen molar-refractivity contribution in [1.82, 2.24) is 15.0 Å². The number of benzene rings is 2. The van der Waals surface area contributed by atoms with Crippen LogP contribution in [0.3, 0.4) is 0 Å². The summed E-state index contributed by atoms with van der Waals surface area (Å²) in [6, 6.07) is 12.8. The fraction of sp³-hybridized carbons (Fsp3) is 0.250. The van der Waals surface area contributed by atoms with Gasteiger partial charge in [-0.3, -0.25) is 4.79 Å². The molecule has 28 heavy (non-hydrogen) atoms. The Labute approximate surface area is 167 Å². The van der Waals surface area contributed by atoms with Gasteiger partial charge < -0.3 is 14.4 Å². The summed E-state index contributed by atoms with van der Waals surface area (Å²) in [5, 5.41) is 14.5. The van der Waals surface area contributed by atoms with Crippen molar-refractivity contribution in [1.29, 1.82) is 0 Å². The van der Waals surface area contributed by atoms with Gasteiger partial charge >= 0.3 is 0 Å². The number of amides is 1. The van der Waals surface area contributed by atoms with E-state index in [9.17, 15) is 9.90 Å². The topological polar surface area (TPSA) is 88.7 Å². The van der Waals surface area contributed by atoms with Gasteiger partial charge in [0, 0.05) is 6.54 Å². The van der Waals surface area contributed by atoms with E-state index in [1.807, 2.05) is 31.2 Å². The van der Waals surface area contributed by atoms with Crippen molar-refractivity contribution in [3.8, 4) is 11.5 Å². The highest BCUT2D eigenvalue weighted by Crippen LogP contribution is 2.26. The monoisotopic (exact) mass is 398 g/mol. The van der Waals surface area contributed by atoms with E-state index in [4.69, 9.17) is 4.74 Å². The third-order valence-electron chi connectivity index (χ3n) is 3.95. The van der Waals surface area contributed by atoms with Gasteiger partial charge in [0.15, 0.2) is 16.7 Å². The summed E-state index contributed by atoms with van der Waals surface area (Å²) in [7, 11) is 0. The molecule has 1 aromatic heterocycles. The average molecular weight is 398 g/mol. The third-order valence-corrected chi connectivity index (χ3v) is 4.93. The number of hydrogen-bond acceptors (Lipinski definition) is 6. The Morgan fingerprint density at radius 2 is 2.14 bits per heavy atom. The molecule has 146 valence electrons. The molecule has 0 saturated carbocycles. The SMILES string of the molecule is CCOc1cc(/C=N/NC(=O)CSc2nc3ccccc3n2CC)ccc1O. The molecule has 0 saturated heterocycles. The van der Waals surface area contributed by atoms with E-state index in [-0.39, 0.29) is 17.4 Å². The van der Waals surface area contributed by atoms with E-state index in [1.54, 1.807) is 12.1 Å². The Balaban J connectivity index is 1.58. The minimum atomic E-state index is -0.222. The van der Waals surface area contributed by atoms with Crippen LogP contribution < -0.4 is 10.2 Å². The van der Waals surface area contributed by atoms with Crippen molar-refractivity contribution in [2.45, 2.75) is 25.5 Å². The Kier molecular flexibility index (Phi) is 6.54. The first-order valence-corrected chi connectivity index (χ1v) is 9.96. The second-order valence-corrected chi connectivity index (χ2v) is 6.81. The summed E-state index contributed by atoms with van der Waals surface area (Å²) < 4.78 is 7.41. The van der Waals surface area contributed by atoms with Crippen LogP contribution >= 0.6 is 11.8 Å². The van der Waals surface area contributed by atoms with Crippen LogP contribution in [-0.2, 0) is 11.3 Å². The van der Waals surface area contributed by atoms with Crippen LogP contribution in [0.1, 0.15) is 19.4 Å². The molecule has 2 N–H and O–H groups in total. The number of aromatic nitrogens is 2. The van der Waals surface area contributed by atoms with Crippen molar-refractivity contribution in [3.63, 3.8) is 0 Å². The van der Waals surface area contributed by atoms with Crippen molar-refractivity contribution >= 4 is 34.9 Å². The lowest BCUT2D eigenvalue weighted by Crippen LogP contribution is -2.20. The number of nitrogens with one attached hydrogen (secondary N) is 1. The summed E-state index contributed by atoms with van der Waals surface area (Å²) in [4.78, 5) is 16.7. The maximum Gasteiger partial charge on any atom is 0.250 e. The Hall–Kier alpha value is -3.00. The van der Waals surface area contributed by atoms with Crippen LogP contribution in [0, 0.1) is 0 Å². The number of rotatable bonds is 8. The van der Waals surface area contributed by atoms with E-state index >= 15 is 0 Å². The molecule has 0 radical (unpaired) electrons. The normalized spacial score (nSPS) is 11.2. The number of nitrogens with zero attached hydrogens (tertiary/aromatic N) is 3. The lowest BCUT2D eigenvalue weighted by atomic mass is 10.2. The zero-order valence-electron chi connectivity index (χ0n) is 15.8. The number of phenolic OH excluding ortho intramolecular Hbond substituents is 1. The summed E-state index contributed by atoms with van der Waals surface area (Å²) in [6.45, 7) is 5.12. The van der Waals surface area contributed by atoms with Gasteiger partial charge in [0.1, 0.15) is 0 Å². The first-order valence-electron chi connectivity index (χ1n) is 8.98. The van der Waals surface area contributed by atoms with Gasteiger partial charge in [-0.25, -0.2) is 10.4 Å². The molecule has 0 aliphatic carbocycles. The molecule has 0 fully saturated rings. The number of thioether (sulfide) groups is 1. The first-order chi connectivity index (χ1) is 13.6. The molecule has 0 aliphatic rings. The van der Waals surface area contributed by atoms with Crippen LogP contribution in [0.4, 0.5) is 0 Å². The lowest BCUT2D eigenvalue weighted by Gasteiger charge is -2.06. The summed E-state index contributed by atoms with van der Waals surface area (Å²) in [6.07, 6.45) is 1.51. The smallest absolute Gasteiger partial charge is 0.250 e. The molecular weight excluding hydrogens is 376 g/mol. The number of hydrazone groups is 1. The van der Waals surface area contributed by atoms with E-state index in [1.165, 1.54) is 24.0 Å². The van der Waals surface area contributed by atoms with Crippen LogP contribution in [0.25, 0.3) is 11.0 Å². The van der Waals surface area contributed by atoms with E-state index in [2.05, 4.69) is 27.0 Å². The second-order valence-electron chi connectivity index (χ2n) is 5.87. The number of carbonyl (C=O) groups excluding carboxylic acids is 1. The molecular formula is C20H22N4O3S. The molecule has 1 heterocycles. The number of ether oxygens (including phenoxy) is 1. The number of fused-ring (bicyclic) bond motifs is 1. The van der Waals surface area contributed by atoms with E-state index in [0.29, 0.717) is 17.9 Å². The van der Waals surface area contributed by atoms with E-state index in [0.717, 1.165) is 22.7 Å². The molecule has 0 bridgehead atoms. The van der Waals surface area contributed by atoms with Crippen molar-refractivity contribution < 1.29 is 14.6 Å². The number of imidazole rings is 1. The number of carbonyl (C=O) groups is 1. The van der Waals surface area contributed by atoms with Gasteiger partial charge in [0.2, 0.25) is 0 Å². The Bertz CT molecular complexity index is 1000. The molecule has 0 spiro atoms. The zero-order chi connectivity index (χ0) is 19.9. The minimum absolute atomic E-state index is 0.0678. The quantitative estimate of drug-likeness (QED) is 0.345. The average Bonchev–Trinajstić information content (AvgIpc) is 3.06. The number of hydrogen-bond donors (Lipinski definition) is 2. The number of aromatic hydroxyl groups is 1. The minimum Gasteiger partial charge on any atom is -0.504 e. The number of aryl methyl sites for hydroxylation is 1. The van der Waals surface area contributed by atoms with Crippen molar-refractivity contribution in [3.05, 3.63) is 48.0 Å². The molecule has 7 nitrogen and oxygen atoms in total. The summed E-state index contributed by atoms with van der Waals surface area (Å²) >= 11 is 1.38. The highest BCUT2D eigenvalue weighted by molar-refractivity contribution is 7.99. The van der Waals surface area contributed by atoms with Crippen LogP contribution in [0.15, 0.2) is 52.7 Å². The molecule has 0 atom stereocenters. The highest BCUT2D eigenvalue weighted by atomic mass is 32.2. The van der Waals surface area contributed by atoms with Gasteiger partial charge in [-0.2, -0.15) is 5.10 Å². The molecule has 2 aromatic carbocycles. The second kappa shape index (κ2) is 9.27. The van der Waals surface area contributed by atoms with E-state index < -0.39 is 0 Å². The maximum atomic E-state index is 12.1. The zero-order valence-corrected chi connectivity index (χ0v) is 16.6. The molecule has 3 aromatic rings. The van der Waals surface area contributed by atoms with Gasteiger partial charge in [0.05, 0.1) is 29.6 Å². The Morgan fingerprint density at radius 3 is 2.93 bits per heavy atom. The summed E-state index contributed by atoms with van der Waals surface area (Å²) in [5.74, 6) is 0.435. The van der Waals surface area contributed by atoms with Crippen LogP contribution in [0.5, 0.6) is 11.5 Å². The Morgan fingerprint density at radius 1 is 1.32 bits per heavy atom. The number of phenols is 1. The fourth-order valence-electron chi connectivity index (χ4n) is 2.69. The highest BCUT2D eigenvalue weighted by Gasteiger charge is 2.11.